The first kappa shape index (κ1) is 18.5. The van der Waals surface area contributed by atoms with Crippen molar-refractivity contribution < 1.29 is 14.0 Å². The molecule has 0 unspecified atom stereocenters. The van der Waals surface area contributed by atoms with E-state index in [0.717, 1.165) is 16.7 Å². The van der Waals surface area contributed by atoms with Gasteiger partial charge in [0.25, 0.3) is 5.91 Å². The molecule has 0 aliphatic rings. The number of rotatable bonds is 6. The van der Waals surface area contributed by atoms with Crippen molar-refractivity contribution >= 4 is 11.8 Å². The van der Waals surface area contributed by atoms with Crippen molar-refractivity contribution in [2.24, 2.45) is 0 Å². The average molecular weight is 362 g/mol. The van der Waals surface area contributed by atoms with Crippen LogP contribution in [0.2, 0.25) is 0 Å². The van der Waals surface area contributed by atoms with E-state index in [1.165, 1.54) is 11.8 Å². The fourth-order valence-electron chi connectivity index (χ4n) is 2.82. The zero-order chi connectivity index (χ0) is 19.2. The quantitative estimate of drug-likeness (QED) is 0.705. The van der Waals surface area contributed by atoms with Gasteiger partial charge in [0.15, 0.2) is 5.76 Å². The van der Waals surface area contributed by atoms with Crippen molar-refractivity contribution in [1.82, 2.24) is 10.6 Å². The second-order valence-electron chi connectivity index (χ2n) is 6.41. The maximum absolute atomic E-state index is 12.5. The Morgan fingerprint density at radius 1 is 0.926 bits per heavy atom. The Hall–Kier alpha value is -3.34. The summed E-state index contributed by atoms with van der Waals surface area (Å²) in [6.45, 7) is 3.97. The monoisotopic (exact) mass is 362 g/mol. The molecule has 3 rings (SSSR count). The molecule has 0 aliphatic heterocycles. The Morgan fingerprint density at radius 2 is 1.70 bits per heavy atom. The van der Waals surface area contributed by atoms with Gasteiger partial charge in [-0.15, -0.1) is 0 Å². The first-order valence-corrected chi connectivity index (χ1v) is 8.78. The number of amides is 2. The highest BCUT2D eigenvalue weighted by molar-refractivity contribution is 5.94. The van der Waals surface area contributed by atoms with E-state index < -0.39 is 5.91 Å². The standard InChI is InChI=1S/C22H22N2O3/c1-15-10-11-18(13-16(15)2)21(17-7-4-3-5-8-17)24-20(25)14-23-22(26)19-9-6-12-27-19/h3-13,21H,14H2,1-2H3,(H,23,26)(H,24,25)/t21-/m1/s1. The molecule has 0 saturated carbocycles. The van der Waals surface area contributed by atoms with Crippen LogP contribution >= 0.6 is 0 Å². The lowest BCUT2D eigenvalue weighted by atomic mass is 9.95. The maximum Gasteiger partial charge on any atom is 0.287 e. The number of benzene rings is 2. The van der Waals surface area contributed by atoms with E-state index in [9.17, 15) is 9.59 Å². The van der Waals surface area contributed by atoms with Crippen LogP contribution in [0.15, 0.2) is 71.3 Å². The third-order valence-electron chi connectivity index (χ3n) is 4.46. The van der Waals surface area contributed by atoms with Crippen LogP contribution in [0.25, 0.3) is 0 Å². The average Bonchev–Trinajstić information content (AvgIpc) is 3.22. The highest BCUT2D eigenvalue weighted by atomic mass is 16.3. The van der Waals surface area contributed by atoms with Gasteiger partial charge in [0.2, 0.25) is 5.91 Å². The molecule has 1 atom stereocenters. The Labute approximate surface area is 158 Å². The van der Waals surface area contributed by atoms with Crippen LogP contribution in [-0.4, -0.2) is 18.4 Å². The normalized spacial score (nSPS) is 11.6. The molecule has 0 saturated heterocycles. The van der Waals surface area contributed by atoms with Gasteiger partial charge < -0.3 is 15.1 Å². The Balaban J connectivity index is 1.74. The van der Waals surface area contributed by atoms with Crippen LogP contribution in [0, 0.1) is 13.8 Å². The van der Waals surface area contributed by atoms with Gasteiger partial charge in [0, 0.05) is 0 Å². The summed E-state index contributed by atoms with van der Waals surface area (Å²) >= 11 is 0. The third kappa shape index (κ3) is 4.64. The number of carbonyl (C=O) groups excluding carboxylic acids is 2. The molecule has 1 aromatic heterocycles. The van der Waals surface area contributed by atoms with Gasteiger partial charge in [-0.25, -0.2) is 0 Å². The largest absolute Gasteiger partial charge is 0.459 e. The van der Waals surface area contributed by atoms with Crippen molar-refractivity contribution in [3.8, 4) is 0 Å². The van der Waals surface area contributed by atoms with Crippen LogP contribution in [-0.2, 0) is 4.79 Å². The minimum absolute atomic E-state index is 0.131. The van der Waals surface area contributed by atoms with E-state index in [-0.39, 0.29) is 24.3 Å². The third-order valence-corrected chi connectivity index (χ3v) is 4.46. The molecule has 0 aliphatic carbocycles. The van der Waals surface area contributed by atoms with Crippen molar-refractivity contribution in [2.75, 3.05) is 6.54 Å². The minimum Gasteiger partial charge on any atom is -0.459 e. The SMILES string of the molecule is Cc1ccc([C@H](NC(=O)CNC(=O)c2ccco2)c2ccccc2)cc1C. The van der Waals surface area contributed by atoms with E-state index in [2.05, 4.69) is 23.6 Å². The Bertz CT molecular complexity index is 918. The zero-order valence-electron chi connectivity index (χ0n) is 15.4. The molecule has 2 aromatic carbocycles. The van der Waals surface area contributed by atoms with Gasteiger partial charge in [0.1, 0.15) is 0 Å². The second-order valence-corrected chi connectivity index (χ2v) is 6.41. The molecule has 138 valence electrons. The smallest absolute Gasteiger partial charge is 0.287 e. The lowest BCUT2D eigenvalue weighted by molar-refractivity contribution is -0.120. The second kappa shape index (κ2) is 8.36. The molecular weight excluding hydrogens is 340 g/mol. The zero-order valence-corrected chi connectivity index (χ0v) is 15.4. The number of aryl methyl sites for hydroxylation is 2. The molecular formula is C22H22N2O3. The van der Waals surface area contributed by atoms with Crippen molar-refractivity contribution in [3.05, 3.63) is 94.9 Å². The van der Waals surface area contributed by atoms with Gasteiger partial charge in [-0.2, -0.15) is 0 Å². The number of nitrogens with one attached hydrogen (secondary N) is 2. The van der Waals surface area contributed by atoms with Crippen LogP contribution in [0.5, 0.6) is 0 Å². The molecule has 5 nitrogen and oxygen atoms in total. The number of hydrogen-bond donors (Lipinski definition) is 2. The number of furan rings is 1. The maximum atomic E-state index is 12.5. The van der Waals surface area contributed by atoms with Gasteiger partial charge in [-0.3, -0.25) is 9.59 Å². The summed E-state index contributed by atoms with van der Waals surface area (Å²) in [5, 5.41) is 5.58. The van der Waals surface area contributed by atoms with Crippen molar-refractivity contribution in [3.63, 3.8) is 0 Å². The minimum atomic E-state index is -0.419. The van der Waals surface area contributed by atoms with Crippen molar-refractivity contribution in [2.45, 2.75) is 19.9 Å². The van der Waals surface area contributed by atoms with Crippen LogP contribution in [0.4, 0.5) is 0 Å². The van der Waals surface area contributed by atoms with Gasteiger partial charge >= 0.3 is 0 Å². The van der Waals surface area contributed by atoms with Gasteiger partial charge in [0.05, 0.1) is 18.8 Å². The predicted octanol–water partition coefficient (Wildman–Crippen LogP) is 3.53. The Kier molecular flexibility index (Phi) is 5.71. The summed E-state index contributed by atoms with van der Waals surface area (Å²) < 4.78 is 5.03. The first-order chi connectivity index (χ1) is 13.0. The molecule has 0 fully saturated rings. The van der Waals surface area contributed by atoms with Crippen LogP contribution in [0.1, 0.15) is 38.9 Å². The van der Waals surface area contributed by atoms with E-state index in [0.29, 0.717) is 0 Å². The number of hydrogen-bond acceptors (Lipinski definition) is 3. The van der Waals surface area contributed by atoms with Gasteiger partial charge in [-0.1, -0.05) is 48.5 Å². The molecule has 0 spiro atoms. The molecule has 5 heteroatoms. The van der Waals surface area contributed by atoms with E-state index in [1.54, 1.807) is 12.1 Å². The first-order valence-electron chi connectivity index (χ1n) is 8.78. The number of carbonyl (C=O) groups is 2. The molecule has 0 bridgehead atoms. The van der Waals surface area contributed by atoms with Crippen LogP contribution < -0.4 is 10.6 Å². The molecule has 1 heterocycles. The summed E-state index contributed by atoms with van der Waals surface area (Å²) in [5.41, 5.74) is 4.33. The molecule has 2 N–H and O–H groups in total. The lowest BCUT2D eigenvalue weighted by Crippen LogP contribution is -2.39. The van der Waals surface area contributed by atoms with E-state index in [1.807, 2.05) is 49.4 Å². The molecule has 27 heavy (non-hydrogen) atoms. The summed E-state index contributed by atoms with van der Waals surface area (Å²) in [5.74, 6) is -0.517. The summed E-state index contributed by atoms with van der Waals surface area (Å²) in [6.07, 6.45) is 1.42. The fraction of sp³-hybridized carbons (Fsp3) is 0.182. The molecule has 0 radical (unpaired) electrons. The highest BCUT2D eigenvalue weighted by Gasteiger charge is 2.18. The molecule has 3 aromatic rings. The summed E-state index contributed by atoms with van der Waals surface area (Å²) in [7, 11) is 0. The lowest BCUT2D eigenvalue weighted by Gasteiger charge is -2.21. The highest BCUT2D eigenvalue weighted by Crippen LogP contribution is 2.24. The summed E-state index contributed by atoms with van der Waals surface area (Å²) in [6, 6.07) is 18.8. The van der Waals surface area contributed by atoms with E-state index in [4.69, 9.17) is 4.42 Å². The van der Waals surface area contributed by atoms with Crippen molar-refractivity contribution in [1.29, 1.82) is 0 Å². The predicted molar refractivity (Wildman–Crippen MR) is 103 cm³/mol. The van der Waals surface area contributed by atoms with Gasteiger partial charge in [-0.05, 0) is 48.2 Å². The van der Waals surface area contributed by atoms with E-state index >= 15 is 0 Å². The van der Waals surface area contributed by atoms with Crippen LogP contribution in [0.3, 0.4) is 0 Å². The summed E-state index contributed by atoms with van der Waals surface area (Å²) in [4.78, 5) is 24.4. The Morgan fingerprint density at radius 3 is 2.37 bits per heavy atom. The molecule has 2 amide bonds. The topological polar surface area (TPSA) is 71.3 Å². The fourth-order valence-corrected chi connectivity index (χ4v) is 2.82.